The van der Waals surface area contributed by atoms with E-state index in [0.29, 0.717) is 24.7 Å². The van der Waals surface area contributed by atoms with Crippen molar-refractivity contribution in [1.82, 2.24) is 0 Å². The van der Waals surface area contributed by atoms with Crippen LogP contribution in [0.2, 0.25) is 0 Å². The summed E-state index contributed by atoms with van der Waals surface area (Å²) in [6.45, 7) is 3.58. The molecule has 0 radical (unpaired) electrons. The minimum absolute atomic E-state index is 0.252. The number of rotatable bonds is 5. The molecule has 2 aromatic carbocycles. The molecule has 0 aromatic heterocycles. The van der Waals surface area contributed by atoms with E-state index in [0.717, 1.165) is 16.7 Å². The fourth-order valence-corrected chi connectivity index (χ4v) is 2.93. The van der Waals surface area contributed by atoms with Crippen LogP contribution < -0.4 is 0 Å². The molecule has 2 aromatic rings. The van der Waals surface area contributed by atoms with Gasteiger partial charge in [0, 0.05) is 24.2 Å². The lowest BCUT2D eigenvalue weighted by Gasteiger charge is -2.28. The van der Waals surface area contributed by atoms with E-state index < -0.39 is 0 Å². The van der Waals surface area contributed by atoms with Crippen LogP contribution in [0.4, 0.5) is 4.39 Å². The van der Waals surface area contributed by atoms with Crippen molar-refractivity contribution in [3.8, 4) is 11.1 Å². The summed E-state index contributed by atoms with van der Waals surface area (Å²) >= 11 is 0. The Morgan fingerprint density at radius 3 is 2.36 bits per heavy atom. The van der Waals surface area contributed by atoms with Gasteiger partial charge in [-0.15, -0.1) is 0 Å². The van der Waals surface area contributed by atoms with Gasteiger partial charge in [0.05, 0.1) is 19.8 Å². The number of ether oxygens (including phenoxy) is 3. The first kappa shape index (κ1) is 17.8. The van der Waals surface area contributed by atoms with Gasteiger partial charge in [-0.3, -0.25) is 0 Å². The van der Waals surface area contributed by atoms with E-state index in [2.05, 4.69) is 6.08 Å². The molecule has 0 aliphatic carbocycles. The van der Waals surface area contributed by atoms with Gasteiger partial charge in [-0.2, -0.15) is 0 Å². The third kappa shape index (κ3) is 4.34. The Morgan fingerprint density at radius 2 is 1.76 bits per heavy atom. The Labute approximate surface area is 148 Å². The maximum atomic E-state index is 14.1. The minimum atomic E-state index is -0.337. The van der Waals surface area contributed by atoms with E-state index in [9.17, 15) is 4.39 Å². The van der Waals surface area contributed by atoms with Gasteiger partial charge in [0.15, 0.2) is 6.29 Å². The monoisotopic (exact) mass is 342 g/mol. The molecule has 0 atom stereocenters. The van der Waals surface area contributed by atoms with Crippen LogP contribution in [-0.2, 0) is 20.8 Å². The summed E-state index contributed by atoms with van der Waals surface area (Å²) in [6, 6.07) is 13.1. The Hall–Kier alpha value is -2.01. The number of hydrogen-bond acceptors (Lipinski definition) is 3. The lowest BCUT2D eigenvalue weighted by Crippen LogP contribution is -2.25. The minimum Gasteiger partial charge on any atom is -0.380 e. The van der Waals surface area contributed by atoms with Crippen molar-refractivity contribution in [2.45, 2.75) is 19.8 Å². The van der Waals surface area contributed by atoms with Gasteiger partial charge in [-0.05, 0) is 24.1 Å². The summed E-state index contributed by atoms with van der Waals surface area (Å²) in [5.74, 6) is 0.0616. The van der Waals surface area contributed by atoms with Crippen LogP contribution in [0, 0.1) is 11.7 Å². The van der Waals surface area contributed by atoms with Crippen molar-refractivity contribution in [2.24, 2.45) is 5.92 Å². The maximum Gasteiger partial charge on any atom is 0.183 e. The van der Waals surface area contributed by atoms with Gasteiger partial charge in [0.1, 0.15) is 5.82 Å². The van der Waals surface area contributed by atoms with Crippen LogP contribution in [0.1, 0.15) is 24.3 Å². The van der Waals surface area contributed by atoms with Crippen molar-refractivity contribution in [3.63, 3.8) is 0 Å². The predicted molar refractivity (Wildman–Crippen MR) is 95.5 cm³/mol. The van der Waals surface area contributed by atoms with Crippen LogP contribution in [-0.4, -0.2) is 20.3 Å². The van der Waals surface area contributed by atoms with E-state index >= 15 is 0 Å². The topological polar surface area (TPSA) is 27.7 Å². The fraction of sp³-hybridized carbons (Fsp3) is 0.333. The van der Waals surface area contributed by atoms with Gasteiger partial charge >= 0.3 is 0 Å². The van der Waals surface area contributed by atoms with Gasteiger partial charge in [-0.25, -0.2) is 4.39 Å². The lowest BCUT2D eigenvalue weighted by atomic mass is 10.0. The fourth-order valence-electron chi connectivity index (χ4n) is 2.93. The first-order valence-corrected chi connectivity index (χ1v) is 8.45. The molecule has 1 heterocycles. The summed E-state index contributed by atoms with van der Waals surface area (Å²) in [7, 11) is 1.56. The van der Waals surface area contributed by atoms with Gasteiger partial charge < -0.3 is 14.2 Å². The van der Waals surface area contributed by atoms with Crippen molar-refractivity contribution in [1.29, 1.82) is 0 Å². The van der Waals surface area contributed by atoms with E-state index in [1.54, 1.807) is 19.2 Å². The molecular formula is C21H23FO3. The van der Waals surface area contributed by atoms with E-state index in [4.69, 9.17) is 14.2 Å². The van der Waals surface area contributed by atoms with Gasteiger partial charge in [-0.1, -0.05) is 48.6 Å². The molecule has 1 saturated heterocycles. The zero-order valence-corrected chi connectivity index (χ0v) is 14.6. The van der Waals surface area contributed by atoms with Crippen LogP contribution in [0.25, 0.3) is 11.1 Å². The maximum absolute atomic E-state index is 14.1. The Balaban J connectivity index is 1.69. The smallest absolute Gasteiger partial charge is 0.183 e. The zero-order valence-electron chi connectivity index (χ0n) is 14.6. The molecule has 0 N–H and O–H groups in total. The van der Waals surface area contributed by atoms with E-state index in [1.807, 2.05) is 43.3 Å². The van der Waals surface area contributed by atoms with Crippen LogP contribution >= 0.6 is 0 Å². The summed E-state index contributed by atoms with van der Waals surface area (Å²) in [5.41, 5.74) is 3.32. The highest BCUT2D eigenvalue weighted by Gasteiger charge is 2.21. The number of benzene rings is 2. The lowest BCUT2D eigenvalue weighted by molar-refractivity contribution is -0.197. The average molecular weight is 342 g/mol. The second-order valence-electron chi connectivity index (χ2n) is 6.15. The summed E-state index contributed by atoms with van der Waals surface area (Å²) in [4.78, 5) is 0. The molecule has 0 unspecified atom stereocenters. The quantitative estimate of drug-likeness (QED) is 0.725. The molecular weight excluding hydrogens is 319 g/mol. The van der Waals surface area contributed by atoms with Crippen LogP contribution in [0.15, 0.2) is 54.6 Å². The largest absolute Gasteiger partial charge is 0.380 e. The molecule has 25 heavy (non-hydrogen) atoms. The molecule has 0 amide bonds. The summed E-state index contributed by atoms with van der Waals surface area (Å²) < 4.78 is 30.6. The average Bonchev–Trinajstić information content (AvgIpc) is 2.65. The Kier molecular flexibility index (Phi) is 5.97. The Bertz CT molecular complexity index is 716. The van der Waals surface area contributed by atoms with Crippen molar-refractivity contribution >= 4 is 0 Å². The molecule has 1 fully saturated rings. The van der Waals surface area contributed by atoms with Crippen LogP contribution in [0.5, 0.6) is 0 Å². The molecule has 3 rings (SSSR count). The van der Waals surface area contributed by atoms with E-state index in [-0.39, 0.29) is 18.7 Å². The van der Waals surface area contributed by atoms with Crippen molar-refractivity contribution in [3.05, 3.63) is 71.6 Å². The third-order valence-corrected chi connectivity index (χ3v) is 4.26. The van der Waals surface area contributed by atoms with Crippen molar-refractivity contribution < 1.29 is 18.6 Å². The zero-order chi connectivity index (χ0) is 17.6. The first-order chi connectivity index (χ1) is 12.2. The van der Waals surface area contributed by atoms with Crippen LogP contribution in [0.3, 0.4) is 0 Å². The molecule has 4 heteroatoms. The van der Waals surface area contributed by atoms with Gasteiger partial charge in [0.25, 0.3) is 0 Å². The first-order valence-electron chi connectivity index (χ1n) is 8.45. The highest BCUT2D eigenvalue weighted by Crippen LogP contribution is 2.28. The highest BCUT2D eigenvalue weighted by atomic mass is 19.1. The molecule has 1 aliphatic rings. The highest BCUT2D eigenvalue weighted by molar-refractivity contribution is 5.64. The number of methoxy groups -OCH3 is 1. The number of hydrogen-bond donors (Lipinski definition) is 0. The summed E-state index contributed by atoms with van der Waals surface area (Å²) in [5, 5.41) is 0. The second kappa shape index (κ2) is 8.39. The molecule has 3 nitrogen and oxygen atoms in total. The normalized spacial score (nSPS) is 20.9. The molecule has 0 saturated carbocycles. The Morgan fingerprint density at radius 1 is 1.08 bits per heavy atom. The summed E-state index contributed by atoms with van der Waals surface area (Å²) in [6.07, 6.45) is 3.78. The predicted octanol–water partition coefficient (Wildman–Crippen LogP) is 4.88. The third-order valence-electron chi connectivity index (χ3n) is 4.26. The van der Waals surface area contributed by atoms with E-state index in [1.165, 1.54) is 0 Å². The SMILES string of the molecule is C/C=C/[C@H]1CO[C@H](c2ccc(-c3ccc(COC)c(F)c3)cc2)OC1. The standard InChI is InChI=1S/C21H23FO3/c1-3-4-15-12-24-21(25-13-15)17-7-5-16(6-8-17)18-9-10-19(14-23-2)20(22)11-18/h3-11,15,21H,12-14H2,1-2H3/b4-3+/t15-,21-. The van der Waals surface area contributed by atoms with Gasteiger partial charge in [0.2, 0.25) is 0 Å². The number of allylic oxidation sites excluding steroid dienone is 1. The van der Waals surface area contributed by atoms with Crippen molar-refractivity contribution in [2.75, 3.05) is 20.3 Å². The number of halogens is 1. The molecule has 132 valence electrons. The molecule has 0 bridgehead atoms. The molecule has 1 aliphatic heterocycles. The second-order valence-corrected chi connectivity index (χ2v) is 6.15. The molecule has 0 spiro atoms.